The number of nitrogens with zero attached hydrogens (tertiary/aromatic N) is 6. The quantitative estimate of drug-likeness (QED) is 0.696. The summed E-state index contributed by atoms with van der Waals surface area (Å²) in [6, 6.07) is 6.03. The van der Waals surface area contributed by atoms with Crippen molar-refractivity contribution in [3.05, 3.63) is 52.6 Å². The summed E-state index contributed by atoms with van der Waals surface area (Å²) in [7, 11) is 0. The number of likely N-dealkylation sites (tertiary alicyclic amines) is 1. The summed E-state index contributed by atoms with van der Waals surface area (Å²) in [5.41, 5.74) is 3.72. The van der Waals surface area contributed by atoms with Crippen LogP contribution in [0.15, 0.2) is 22.7 Å². The largest absolute Gasteiger partial charge is 0.361 e. The van der Waals surface area contributed by atoms with Crippen LogP contribution < -0.4 is 5.32 Å². The molecule has 0 aromatic carbocycles. The molecule has 29 heavy (non-hydrogen) atoms. The van der Waals surface area contributed by atoms with Gasteiger partial charge in [0.1, 0.15) is 17.4 Å². The van der Waals surface area contributed by atoms with Crippen LogP contribution >= 0.6 is 0 Å². The van der Waals surface area contributed by atoms with Gasteiger partial charge in [0.05, 0.1) is 11.7 Å². The molecule has 0 radical (unpaired) electrons. The van der Waals surface area contributed by atoms with E-state index in [-0.39, 0.29) is 6.04 Å². The van der Waals surface area contributed by atoms with E-state index < -0.39 is 0 Å². The van der Waals surface area contributed by atoms with Crippen molar-refractivity contribution >= 4 is 11.8 Å². The van der Waals surface area contributed by atoms with Crippen LogP contribution in [0.25, 0.3) is 0 Å². The van der Waals surface area contributed by atoms with Gasteiger partial charge in [0, 0.05) is 35.8 Å². The van der Waals surface area contributed by atoms with Gasteiger partial charge >= 0.3 is 0 Å². The smallest absolute Gasteiger partial charge is 0.228 e. The van der Waals surface area contributed by atoms with Crippen molar-refractivity contribution in [1.29, 1.82) is 0 Å². The first-order valence-corrected chi connectivity index (χ1v) is 10.1. The summed E-state index contributed by atoms with van der Waals surface area (Å²) in [4.78, 5) is 20.9. The average molecular weight is 393 g/mol. The molecule has 0 amide bonds. The summed E-state index contributed by atoms with van der Waals surface area (Å²) >= 11 is 0. The number of anilines is 2. The Morgan fingerprint density at radius 2 is 1.72 bits per heavy atom. The van der Waals surface area contributed by atoms with E-state index in [4.69, 9.17) is 14.5 Å². The molecule has 1 atom stereocenters. The van der Waals surface area contributed by atoms with Gasteiger partial charge in [-0.1, -0.05) is 11.6 Å². The molecular weight excluding hydrogens is 366 g/mol. The minimum absolute atomic E-state index is 0.154. The van der Waals surface area contributed by atoms with Gasteiger partial charge in [-0.3, -0.25) is 4.90 Å². The van der Waals surface area contributed by atoms with E-state index >= 15 is 0 Å². The van der Waals surface area contributed by atoms with E-state index in [2.05, 4.69) is 25.3 Å². The van der Waals surface area contributed by atoms with E-state index in [1.807, 2.05) is 45.9 Å². The van der Waals surface area contributed by atoms with Crippen molar-refractivity contribution < 1.29 is 4.52 Å². The van der Waals surface area contributed by atoms with Crippen molar-refractivity contribution in [1.82, 2.24) is 30.0 Å². The highest BCUT2D eigenvalue weighted by atomic mass is 16.5. The molecule has 1 unspecified atom stereocenters. The van der Waals surface area contributed by atoms with Crippen molar-refractivity contribution in [3.8, 4) is 0 Å². The van der Waals surface area contributed by atoms with Gasteiger partial charge in [0.25, 0.3) is 0 Å². The van der Waals surface area contributed by atoms with E-state index in [0.717, 1.165) is 59.7 Å². The molecule has 1 saturated heterocycles. The Balaban J connectivity index is 1.59. The lowest BCUT2D eigenvalue weighted by molar-refractivity contribution is 0.130. The molecule has 3 aromatic rings. The van der Waals surface area contributed by atoms with Crippen molar-refractivity contribution in [2.45, 2.75) is 59.5 Å². The molecule has 0 saturated carbocycles. The fourth-order valence-corrected chi connectivity index (χ4v) is 3.87. The van der Waals surface area contributed by atoms with Crippen LogP contribution in [0.5, 0.6) is 0 Å². The number of aromatic nitrogens is 5. The lowest BCUT2D eigenvalue weighted by atomic mass is 10.0. The monoisotopic (exact) mass is 393 g/mol. The molecule has 1 aliphatic heterocycles. The lowest BCUT2D eigenvalue weighted by Gasteiger charge is -2.34. The highest BCUT2D eigenvalue weighted by Gasteiger charge is 2.27. The molecule has 4 rings (SSSR count). The molecule has 4 heterocycles. The maximum absolute atomic E-state index is 5.24. The van der Waals surface area contributed by atoms with Gasteiger partial charge in [0.15, 0.2) is 0 Å². The number of hydrogen-bond donors (Lipinski definition) is 1. The topological polar surface area (TPSA) is 92.9 Å². The molecule has 1 fully saturated rings. The summed E-state index contributed by atoms with van der Waals surface area (Å²) in [5, 5.41) is 7.41. The third kappa shape index (κ3) is 4.76. The zero-order chi connectivity index (χ0) is 20.4. The maximum Gasteiger partial charge on any atom is 0.228 e. The Morgan fingerprint density at radius 3 is 2.45 bits per heavy atom. The minimum atomic E-state index is 0.154. The summed E-state index contributed by atoms with van der Waals surface area (Å²) < 4.78 is 5.24. The first kappa shape index (κ1) is 19.4. The Kier molecular flexibility index (Phi) is 5.53. The van der Waals surface area contributed by atoms with E-state index in [1.54, 1.807) is 0 Å². The van der Waals surface area contributed by atoms with Crippen LogP contribution in [0.1, 0.15) is 59.7 Å². The van der Waals surface area contributed by atoms with Crippen LogP contribution in [0.2, 0.25) is 0 Å². The van der Waals surface area contributed by atoms with Gasteiger partial charge < -0.3 is 9.84 Å². The zero-order valence-corrected chi connectivity index (χ0v) is 17.4. The normalized spacial score (nSPS) is 17.4. The molecule has 0 bridgehead atoms. The van der Waals surface area contributed by atoms with Crippen molar-refractivity contribution in [2.24, 2.45) is 0 Å². The van der Waals surface area contributed by atoms with Crippen LogP contribution in [0.4, 0.5) is 11.8 Å². The zero-order valence-electron chi connectivity index (χ0n) is 17.4. The highest BCUT2D eigenvalue weighted by Crippen LogP contribution is 2.31. The molecular formula is C21H27N7O. The average Bonchev–Trinajstić information content (AvgIpc) is 3.05. The Labute approximate surface area is 170 Å². The van der Waals surface area contributed by atoms with Crippen LogP contribution in [0, 0.1) is 27.7 Å². The van der Waals surface area contributed by atoms with Crippen LogP contribution in [-0.2, 0) is 6.54 Å². The lowest BCUT2D eigenvalue weighted by Crippen LogP contribution is -2.34. The number of hydrogen-bond acceptors (Lipinski definition) is 8. The summed E-state index contributed by atoms with van der Waals surface area (Å²) in [6.07, 6.45) is 3.36. The molecule has 152 valence electrons. The second-order valence-electron chi connectivity index (χ2n) is 7.76. The Bertz CT molecular complexity index is 980. The first-order valence-electron chi connectivity index (χ1n) is 10.1. The predicted octanol–water partition coefficient (Wildman–Crippen LogP) is 3.96. The fourth-order valence-electron chi connectivity index (χ4n) is 3.87. The van der Waals surface area contributed by atoms with E-state index in [1.165, 1.54) is 12.8 Å². The minimum Gasteiger partial charge on any atom is -0.361 e. The SMILES string of the molecule is Cc1cc(C)nc(Nc2cc(C)nc(C3CCCCN3Cc3cc(C)on3)n2)n1. The second kappa shape index (κ2) is 8.24. The molecule has 1 aliphatic rings. The van der Waals surface area contributed by atoms with Gasteiger partial charge in [-0.15, -0.1) is 0 Å². The molecule has 0 aliphatic carbocycles. The van der Waals surface area contributed by atoms with Crippen molar-refractivity contribution in [3.63, 3.8) is 0 Å². The Morgan fingerprint density at radius 1 is 0.966 bits per heavy atom. The number of nitrogens with one attached hydrogen (secondary N) is 1. The number of rotatable bonds is 5. The summed E-state index contributed by atoms with van der Waals surface area (Å²) in [6.45, 7) is 9.57. The van der Waals surface area contributed by atoms with Gasteiger partial charge in [0.2, 0.25) is 5.95 Å². The third-order valence-corrected chi connectivity index (χ3v) is 5.05. The molecule has 3 aromatic heterocycles. The van der Waals surface area contributed by atoms with Gasteiger partial charge in [-0.05, 0) is 53.1 Å². The fraction of sp³-hybridized carbons (Fsp3) is 0.476. The molecule has 8 heteroatoms. The van der Waals surface area contributed by atoms with Crippen LogP contribution in [0.3, 0.4) is 0 Å². The molecule has 8 nitrogen and oxygen atoms in total. The Hall–Kier alpha value is -2.87. The number of piperidine rings is 1. The van der Waals surface area contributed by atoms with Gasteiger partial charge in [-0.25, -0.2) is 19.9 Å². The van der Waals surface area contributed by atoms with E-state index in [9.17, 15) is 0 Å². The summed E-state index contributed by atoms with van der Waals surface area (Å²) in [5.74, 6) is 2.95. The maximum atomic E-state index is 5.24. The molecule has 0 spiro atoms. The number of aryl methyl sites for hydroxylation is 4. The standard InChI is InChI=1S/C21H27N7O/c1-13-9-14(2)24-21(23-13)26-19-10-15(3)22-20(25-19)18-7-5-6-8-28(18)12-17-11-16(4)29-27-17/h9-11,18H,5-8,12H2,1-4H3,(H,22,23,24,25,26). The van der Waals surface area contributed by atoms with Crippen LogP contribution in [-0.4, -0.2) is 36.5 Å². The van der Waals surface area contributed by atoms with Gasteiger partial charge in [-0.2, -0.15) is 0 Å². The second-order valence-corrected chi connectivity index (χ2v) is 7.76. The first-order chi connectivity index (χ1) is 14.0. The van der Waals surface area contributed by atoms with Crippen molar-refractivity contribution in [2.75, 3.05) is 11.9 Å². The highest BCUT2D eigenvalue weighted by molar-refractivity contribution is 5.48. The molecule has 1 N–H and O–H groups in total. The predicted molar refractivity (Wildman–Crippen MR) is 110 cm³/mol. The third-order valence-electron chi connectivity index (χ3n) is 5.05. The van der Waals surface area contributed by atoms with E-state index in [0.29, 0.717) is 5.95 Å².